The lowest BCUT2D eigenvalue weighted by Gasteiger charge is -2.16. The summed E-state index contributed by atoms with van der Waals surface area (Å²) in [7, 11) is 3.12. The van der Waals surface area contributed by atoms with Crippen LogP contribution in [0.15, 0.2) is 12.1 Å². The average Bonchev–Trinajstić information content (AvgIpc) is 2.28. The van der Waals surface area contributed by atoms with Crippen molar-refractivity contribution >= 4 is 11.6 Å². The maximum absolute atomic E-state index is 6.22. The molecule has 5 heteroatoms. The van der Waals surface area contributed by atoms with Gasteiger partial charge in [-0.15, -0.1) is 0 Å². The Morgan fingerprint density at radius 1 is 1.31 bits per heavy atom. The standard InChI is InChI=1S/C11H16ClNO3/c1-7(6-16-13)8-4-5-9(14-2)11(15-3)10(8)12/h4-5,7H,6,13H2,1-3H3. The molecule has 0 aliphatic heterocycles. The number of nitrogens with two attached hydrogens (primary N) is 1. The molecule has 0 heterocycles. The number of methoxy groups -OCH3 is 2. The summed E-state index contributed by atoms with van der Waals surface area (Å²) >= 11 is 6.22. The van der Waals surface area contributed by atoms with Gasteiger partial charge in [-0.25, -0.2) is 5.90 Å². The minimum absolute atomic E-state index is 0.0947. The molecule has 1 aromatic rings. The molecule has 1 aromatic carbocycles. The third-order valence-electron chi connectivity index (χ3n) is 2.39. The number of hydrogen-bond donors (Lipinski definition) is 1. The van der Waals surface area contributed by atoms with E-state index in [-0.39, 0.29) is 5.92 Å². The van der Waals surface area contributed by atoms with Crippen LogP contribution in [0.3, 0.4) is 0 Å². The fraction of sp³-hybridized carbons (Fsp3) is 0.455. The van der Waals surface area contributed by atoms with Crippen LogP contribution in [0.5, 0.6) is 11.5 Å². The smallest absolute Gasteiger partial charge is 0.179 e. The topological polar surface area (TPSA) is 53.7 Å². The molecule has 16 heavy (non-hydrogen) atoms. The molecule has 0 spiro atoms. The number of hydrogen-bond acceptors (Lipinski definition) is 4. The molecule has 0 amide bonds. The van der Waals surface area contributed by atoms with Crippen molar-refractivity contribution in [2.24, 2.45) is 5.90 Å². The number of ether oxygens (including phenoxy) is 2. The Bertz CT molecular complexity index is 357. The molecule has 0 fully saturated rings. The molecule has 0 saturated heterocycles. The molecule has 0 aliphatic rings. The van der Waals surface area contributed by atoms with E-state index in [4.69, 9.17) is 27.0 Å². The van der Waals surface area contributed by atoms with Gasteiger partial charge in [-0.2, -0.15) is 0 Å². The van der Waals surface area contributed by atoms with Crippen LogP contribution in [0.1, 0.15) is 18.4 Å². The van der Waals surface area contributed by atoms with Crippen molar-refractivity contribution < 1.29 is 14.3 Å². The number of benzene rings is 1. The van der Waals surface area contributed by atoms with Gasteiger partial charge in [-0.05, 0) is 11.6 Å². The highest BCUT2D eigenvalue weighted by molar-refractivity contribution is 6.33. The summed E-state index contributed by atoms with van der Waals surface area (Å²) in [6, 6.07) is 3.69. The van der Waals surface area contributed by atoms with Gasteiger partial charge in [0.1, 0.15) is 0 Å². The van der Waals surface area contributed by atoms with E-state index in [9.17, 15) is 0 Å². The van der Waals surface area contributed by atoms with Gasteiger partial charge < -0.3 is 14.3 Å². The largest absolute Gasteiger partial charge is 0.493 e. The van der Waals surface area contributed by atoms with Crippen LogP contribution in [-0.4, -0.2) is 20.8 Å². The van der Waals surface area contributed by atoms with Crippen LogP contribution in [0.25, 0.3) is 0 Å². The second-order valence-corrected chi connectivity index (χ2v) is 3.82. The molecule has 90 valence electrons. The highest BCUT2D eigenvalue weighted by Gasteiger charge is 2.17. The lowest BCUT2D eigenvalue weighted by atomic mass is 10.0. The molecule has 0 radical (unpaired) electrons. The van der Waals surface area contributed by atoms with Crippen molar-refractivity contribution in [3.05, 3.63) is 22.7 Å². The van der Waals surface area contributed by atoms with Crippen molar-refractivity contribution in [1.82, 2.24) is 0 Å². The zero-order valence-corrected chi connectivity index (χ0v) is 10.4. The second kappa shape index (κ2) is 5.94. The van der Waals surface area contributed by atoms with Crippen LogP contribution >= 0.6 is 11.6 Å². The fourth-order valence-electron chi connectivity index (χ4n) is 1.52. The Morgan fingerprint density at radius 2 is 2.00 bits per heavy atom. The summed E-state index contributed by atoms with van der Waals surface area (Å²) in [6.45, 7) is 2.37. The first kappa shape index (κ1) is 13.1. The van der Waals surface area contributed by atoms with Crippen molar-refractivity contribution in [1.29, 1.82) is 0 Å². The van der Waals surface area contributed by atoms with E-state index in [0.29, 0.717) is 23.1 Å². The third kappa shape index (κ3) is 2.58. The van der Waals surface area contributed by atoms with Crippen LogP contribution < -0.4 is 15.4 Å². The van der Waals surface area contributed by atoms with E-state index in [1.807, 2.05) is 19.1 Å². The monoisotopic (exact) mass is 245 g/mol. The lowest BCUT2D eigenvalue weighted by Crippen LogP contribution is -2.09. The Balaban J connectivity index is 3.13. The maximum atomic E-state index is 6.22. The minimum Gasteiger partial charge on any atom is -0.493 e. The number of rotatable bonds is 5. The first-order valence-corrected chi connectivity index (χ1v) is 5.25. The van der Waals surface area contributed by atoms with Crippen LogP contribution in [0.4, 0.5) is 0 Å². The quantitative estimate of drug-likeness (QED) is 0.809. The van der Waals surface area contributed by atoms with Gasteiger partial charge in [-0.3, -0.25) is 0 Å². The SMILES string of the molecule is COc1ccc(C(C)CON)c(Cl)c1OC. The Hall–Kier alpha value is -0.970. The molecular formula is C11H16ClNO3. The highest BCUT2D eigenvalue weighted by Crippen LogP contribution is 2.39. The normalized spacial score (nSPS) is 12.3. The summed E-state index contributed by atoms with van der Waals surface area (Å²) in [5.74, 6) is 6.28. The van der Waals surface area contributed by atoms with E-state index in [0.717, 1.165) is 5.56 Å². The predicted octanol–water partition coefficient (Wildman–Crippen LogP) is 2.35. The Kier molecular flexibility index (Phi) is 4.86. The van der Waals surface area contributed by atoms with Crippen molar-refractivity contribution in [2.45, 2.75) is 12.8 Å². The molecule has 0 aromatic heterocycles. The van der Waals surface area contributed by atoms with Gasteiger partial charge in [-0.1, -0.05) is 24.6 Å². The summed E-state index contributed by atoms with van der Waals surface area (Å²) in [5, 5.41) is 0.534. The lowest BCUT2D eigenvalue weighted by molar-refractivity contribution is 0.126. The zero-order chi connectivity index (χ0) is 12.1. The highest BCUT2D eigenvalue weighted by atomic mass is 35.5. The molecule has 2 N–H and O–H groups in total. The molecule has 1 rings (SSSR count). The van der Waals surface area contributed by atoms with Crippen molar-refractivity contribution in [2.75, 3.05) is 20.8 Å². The summed E-state index contributed by atoms with van der Waals surface area (Å²) in [5.41, 5.74) is 0.921. The van der Waals surface area contributed by atoms with Crippen LogP contribution in [-0.2, 0) is 4.84 Å². The third-order valence-corrected chi connectivity index (χ3v) is 2.78. The number of halogens is 1. The molecular weight excluding hydrogens is 230 g/mol. The Labute approximate surface area is 100 Å². The predicted molar refractivity (Wildman–Crippen MR) is 63.1 cm³/mol. The average molecular weight is 246 g/mol. The van der Waals surface area contributed by atoms with Gasteiger partial charge in [0.25, 0.3) is 0 Å². The van der Waals surface area contributed by atoms with E-state index < -0.39 is 0 Å². The maximum Gasteiger partial charge on any atom is 0.179 e. The van der Waals surface area contributed by atoms with Gasteiger partial charge in [0.15, 0.2) is 11.5 Å². The minimum atomic E-state index is 0.0947. The van der Waals surface area contributed by atoms with Crippen LogP contribution in [0, 0.1) is 0 Å². The first-order chi connectivity index (χ1) is 7.65. The first-order valence-electron chi connectivity index (χ1n) is 4.87. The van der Waals surface area contributed by atoms with Gasteiger partial charge in [0, 0.05) is 5.92 Å². The summed E-state index contributed by atoms with van der Waals surface area (Å²) < 4.78 is 10.4. The second-order valence-electron chi connectivity index (χ2n) is 3.44. The summed E-state index contributed by atoms with van der Waals surface area (Å²) in [4.78, 5) is 4.61. The van der Waals surface area contributed by atoms with Crippen LogP contribution in [0.2, 0.25) is 5.02 Å². The van der Waals surface area contributed by atoms with Crippen molar-refractivity contribution in [3.8, 4) is 11.5 Å². The molecule has 4 nitrogen and oxygen atoms in total. The van der Waals surface area contributed by atoms with Crippen molar-refractivity contribution in [3.63, 3.8) is 0 Å². The van der Waals surface area contributed by atoms with Gasteiger partial charge in [0.2, 0.25) is 0 Å². The Morgan fingerprint density at radius 3 is 2.50 bits per heavy atom. The fourth-order valence-corrected chi connectivity index (χ4v) is 1.94. The molecule has 0 bridgehead atoms. The molecule has 1 unspecified atom stereocenters. The molecule has 1 atom stereocenters. The van der Waals surface area contributed by atoms with E-state index in [2.05, 4.69) is 4.84 Å². The van der Waals surface area contributed by atoms with Gasteiger partial charge in [0.05, 0.1) is 25.8 Å². The molecule has 0 saturated carbocycles. The van der Waals surface area contributed by atoms with E-state index in [1.54, 1.807) is 14.2 Å². The summed E-state index contributed by atoms with van der Waals surface area (Å²) in [6.07, 6.45) is 0. The zero-order valence-electron chi connectivity index (χ0n) is 9.62. The van der Waals surface area contributed by atoms with Gasteiger partial charge >= 0.3 is 0 Å². The van der Waals surface area contributed by atoms with E-state index >= 15 is 0 Å². The van der Waals surface area contributed by atoms with E-state index in [1.165, 1.54) is 0 Å². The molecule has 0 aliphatic carbocycles.